The molecule has 9 heteroatoms. The summed E-state index contributed by atoms with van der Waals surface area (Å²) < 4.78 is 27.3. The quantitative estimate of drug-likeness (QED) is 0.137. The fraction of sp³-hybridized carbons (Fsp3) is 0.786. The molecule has 0 saturated carbocycles. The highest BCUT2D eigenvalue weighted by Gasteiger charge is 2.00. The van der Waals surface area contributed by atoms with Gasteiger partial charge in [0.05, 0.1) is 27.2 Å². The van der Waals surface area contributed by atoms with Crippen molar-refractivity contribution in [2.75, 3.05) is 0 Å². The van der Waals surface area contributed by atoms with Gasteiger partial charge in [-0.1, -0.05) is 90.9 Å². The normalized spacial score (nSPS) is 11.0. The van der Waals surface area contributed by atoms with Gasteiger partial charge in [0.1, 0.15) is 32.7 Å². The third-order valence-corrected chi connectivity index (χ3v) is 6.19. The Morgan fingerprint density at radius 3 is 1.14 bits per heavy atom. The van der Waals surface area contributed by atoms with E-state index in [2.05, 4.69) is 83.7 Å². The van der Waals surface area contributed by atoms with Gasteiger partial charge >= 0.3 is 0 Å². The third-order valence-electron chi connectivity index (χ3n) is 6.19. The highest BCUT2D eigenvalue weighted by Crippen LogP contribution is 2.22. The molecule has 216 valence electrons. The number of unbranched alkanes of at least 4 members (excludes halogenated alkanes) is 14. The lowest BCUT2D eigenvalue weighted by molar-refractivity contribution is -0.671. The topological polar surface area (TPSA) is 80.8 Å². The number of imidazole rings is 2. The van der Waals surface area contributed by atoms with Crippen molar-refractivity contribution >= 4 is 7.91 Å². The molecule has 2 aromatic heterocycles. The van der Waals surface area contributed by atoms with Gasteiger partial charge in [-0.3, -0.25) is 0 Å². The average molecular weight is 545 g/mol. The van der Waals surface area contributed by atoms with Crippen LogP contribution in [0, 0.1) is 0 Å². The van der Waals surface area contributed by atoms with Crippen LogP contribution in [0.25, 0.3) is 0 Å². The summed E-state index contributed by atoms with van der Waals surface area (Å²) in [5.74, 6) is 0. The van der Waals surface area contributed by atoms with Crippen molar-refractivity contribution in [2.45, 2.75) is 130 Å². The minimum Gasteiger partial charge on any atom is -0.786 e. The highest BCUT2D eigenvalue weighted by atomic mass is 31.2. The Balaban J connectivity index is 0.000000594. The summed E-state index contributed by atoms with van der Waals surface area (Å²) in [6, 6.07) is 0. The Morgan fingerprint density at radius 2 is 0.892 bits per heavy atom. The Bertz CT molecular complexity index is 742. The first kappa shape index (κ1) is 35.5. The first-order valence-electron chi connectivity index (χ1n) is 14.4. The van der Waals surface area contributed by atoms with Crippen molar-refractivity contribution in [3.8, 4) is 0 Å². The molecule has 0 amide bonds. The molecule has 0 spiro atoms. The fourth-order valence-corrected chi connectivity index (χ4v) is 4.12. The van der Waals surface area contributed by atoms with E-state index in [4.69, 9.17) is 14.4 Å². The molecule has 2 rings (SSSR count). The Kier molecular flexibility index (Phi) is 22.6. The van der Waals surface area contributed by atoms with Crippen molar-refractivity contribution in [3.63, 3.8) is 0 Å². The van der Waals surface area contributed by atoms with Crippen LogP contribution >= 0.6 is 7.91 Å². The van der Waals surface area contributed by atoms with Gasteiger partial charge in [0.15, 0.2) is 0 Å². The van der Waals surface area contributed by atoms with Crippen LogP contribution in [-0.2, 0) is 31.7 Å². The van der Waals surface area contributed by atoms with Crippen molar-refractivity contribution in [1.29, 1.82) is 0 Å². The summed E-state index contributed by atoms with van der Waals surface area (Å²) in [6.07, 6.45) is 35.2. The minimum atomic E-state index is -5.64. The van der Waals surface area contributed by atoms with Crippen molar-refractivity contribution in [2.24, 2.45) is 14.1 Å². The zero-order chi connectivity index (χ0) is 27.8. The van der Waals surface area contributed by atoms with Gasteiger partial charge in [0, 0.05) is 0 Å². The molecule has 0 aliphatic carbocycles. The van der Waals surface area contributed by atoms with Gasteiger partial charge in [-0.15, -0.1) is 0 Å². The lowest BCUT2D eigenvalue weighted by Crippen LogP contribution is -2.23. The summed E-state index contributed by atoms with van der Waals surface area (Å²) >= 11 is 0. The molecule has 0 fully saturated rings. The van der Waals surface area contributed by atoms with Crippen LogP contribution in [-0.4, -0.2) is 9.13 Å². The molecule has 0 unspecified atom stereocenters. The highest BCUT2D eigenvalue weighted by molar-refractivity contribution is 7.42. The largest absolute Gasteiger partial charge is 0.786 e. The molecule has 0 bridgehead atoms. The number of hydrogen-bond donors (Lipinski definition) is 0. The van der Waals surface area contributed by atoms with Crippen LogP contribution in [0.1, 0.15) is 117 Å². The summed E-state index contributed by atoms with van der Waals surface area (Å²) in [5, 5.41) is 0. The van der Waals surface area contributed by atoms with Crippen LogP contribution in [0.2, 0.25) is 0 Å². The van der Waals surface area contributed by atoms with E-state index in [9.17, 15) is 4.20 Å². The molecule has 2 heterocycles. The Hall–Kier alpha value is -1.50. The average Bonchev–Trinajstić information content (AvgIpc) is 3.44. The monoisotopic (exact) mass is 544 g/mol. The van der Waals surface area contributed by atoms with Crippen molar-refractivity contribution < 1.29 is 27.7 Å². The zero-order valence-corrected chi connectivity index (χ0v) is 24.9. The summed E-state index contributed by atoms with van der Waals surface area (Å²) in [6.45, 7) is 6.90. The van der Waals surface area contributed by atoms with Gasteiger partial charge in [-0.2, -0.15) is 0 Å². The maximum absolute atomic E-state index is 10.1. The number of aryl methyl sites for hydroxylation is 4. The van der Waals surface area contributed by atoms with Crippen LogP contribution in [0.3, 0.4) is 0 Å². The first-order chi connectivity index (χ1) is 17.7. The molecule has 37 heavy (non-hydrogen) atoms. The van der Waals surface area contributed by atoms with Gasteiger partial charge in [-0.05, 0) is 25.7 Å². The van der Waals surface area contributed by atoms with Crippen molar-refractivity contribution in [1.82, 2.24) is 9.13 Å². The lowest BCUT2D eigenvalue weighted by Gasteiger charge is -2.15. The predicted octanol–water partition coefficient (Wildman–Crippen LogP) is 5.69. The second kappa shape index (κ2) is 23.6. The van der Waals surface area contributed by atoms with Gasteiger partial charge in [0.25, 0.3) is 0 Å². The molecule has 0 N–H and O–H groups in total. The first-order valence-corrected chi connectivity index (χ1v) is 15.8. The van der Waals surface area contributed by atoms with E-state index >= 15 is 0 Å². The Labute approximate surface area is 226 Å². The standard InChI is InChI=1S/2C14H27N2.FH2O3P/c2*1-3-4-5-6-7-8-9-10-11-16-13-12-15(2)14-16;1-5(2,3)4/h2*12-14H,3-11H2,1-2H3;(H2,2,3,4)/q2*+1;/p-2. The van der Waals surface area contributed by atoms with E-state index in [0.717, 1.165) is 0 Å². The summed E-state index contributed by atoms with van der Waals surface area (Å²) in [7, 11) is -1.49. The summed E-state index contributed by atoms with van der Waals surface area (Å²) in [5.41, 5.74) is 0. The van der Waals surface area contributed by atoms with Gasteiger partial charge in [-0.25, -0.2) is 22.5 Å². The van der Waals surface area contributed by atoms with Crippen LogP contribution in [0.15, 0.2) is 37.4 Å². The number of aromatic nitrogens is 4. The van der Waals surface area contributed by atoms with E-state index in [1.54, 1.807) is 0 Å². The third kappa shape index (κ3) is 27.4. The number of hydrogen-bond acceptors (Lipinski definition) is 3. The Morgan fingerprint density at radius 1 is 0.622 bits per heavy atom. The van der Waals surface area contributed by atoms with E-state index in [1.165, 1.54) is 116 Å². The minimum absolute atomic E-state index is 1.18. The number of nitrogens with zero attached hydrogens (tertiary/aromatic N) is 4. The molecule has 2 aromatic rings. The van der Waals surface area contributed by atoms with E-state index in [0.29, 0.717) is 0 Å². The predicted molar refractivity (Wildman–Crippen MR) is 145 cm³/mol. The van der Waals surface area contributed by atoms with Crippen LogP contribution in [0.4, 0.5) is 4.20 Å². The molecule has 0 radical (unpaired) electrons. The van der Waals surface area contributed by atoms with E-state index in [1.807, 2.05) is 0 Å². The van der Waals surface area contributed by atoms with Gasteiger partial charge in [0.2, 0.25) is 12.7 Å². The molecule has 7 nitrogen and oxygen atoms in total. The van der Waals surface area contributed by atoms with Crippen molar-refractivity contribution in [3.05, 3.63) is 37.4 Å². The lowest BCUT2D eigenvalue weighted by atomic mass is 10.1. The molecular weight excluding hydrogens is 490 g/mol. The molecule has 0 aliphatic heterocycles. The van der Waals surface area contributed by atoms with E-state index < -0.39 is 7.91 Å². The summed E-state index contributed by atoms with van der Waals surface area (Å²) in [4.78, 5) is 16.9. The zero-order valence-electron chi connectivity index (χ0n) is 24.0. The maximum atomic E-state index is 10.1. The SMILES string of the molecule is CCCCCCCCCCn1cc[n+](C)c1.CCCCCCCCCCn1cc[n+](C)c1.O=P([O-])([O-])F. The van der Waals surface area contributed by atoms with Crippen LogP contribution in [0.5, 0.6) is 0 Å². The molecule has 0 saturated heterocycles. The van der Waals surface area contributed by atoms with Crippen LogP contribution < -0.4 is 18.9 Å². The molecule has 0 aliphatic rings. The molecular formula is C28H54FN4O3P. The van der Waals surface area contributed by atoms with E-state index in [-0.39, 0.29) is 0 Å². The second-order valence-corrected chi connectivity index (χ2v) is 10.9. The second-order valence-electron chi connectivity index (χ2n) is 10.0. The smallest absolute Gasteiger partial charge is 0.243 e. The van der Waals surface area contributed by atoms with Gasteiger partial charge < -0.3 is 14.4 Å². The number of rotatable bonds is 18. The molecule has 0 aromatic carbocycles. The maximum Gasteiger partial charge on any atom is 0.243 e. The molecule has 0 atom stereocenters. The fourth-order valence-electron chi connectivity index (χ4n) is 4.12. The number of halogens is 1.